The van der Waals surface area contributed by atoms with E-state index in [9.17, 15) is 10.1 Å². The van der Waals surface area contributed by atoms with Gasteiger partial charge >= 0.3 is 0 Å². The van der Waals surface area contributed by atoms with Gasteiger partial charge < -0.3 is 15.9 Å². The number of nitriles is 1. The molecule has 0 unspecified atom stereocenters. The van der Waals surface area contributed by atoms with E-state index in [2.05, 4.69) is 21.6 Å². The molecule has 3 aromatic rings. The molecule has 0 atom stereocenters. The van der Waals surface area contributed by atoms with Crippen molar-refractivity contribution in [1.82, 2.24) is 14.9 Å². The van der Waals surface area contributed by atoms with Crippen molar-refractivity contribution in [3.8, 4) is 23.2 Å². The van der Waals surface area contributed by atoms with Crippen molar-refractivity contribution >= 4 is 34.0 Å². The number of hydrogen-bond donors (Lipinski definition) is 2. The largest absolute Gasteiger partial charge is 0.497 e. The molecule has 0 saturated heterocycles. The zero-order valence-electron chi connectivity index (χ0n) is 16.3. The first-order valence-corrected chi connectivity index (χ1v) is 11.2. The van der Waals surface area contributed by atoms with Crippen molar-refractivity contribution < 1.29 is 9.53 Å². The summed E-state index contributed by atoms with van der Waals surface area (Å²) in [7, 11) is 1.60. The van der Waals surface area contributed by atoms with Gasteiger partial charge in [0.2, 0.25) is 11.1 Å². The van der Waals surface area contributed by atoms with Crippen molar-refractivity contribution in [1.29, 1.82) is 5.26 Å². The summed E-state index contributed by atoms with van der Waals surface area (Å²) < 4.78 is 6.52. The molecule has 1 amide bonds. The fourth-order valence-corrected chi connectivity index (χ4v) is 5.29. The SMILES string of the molecule is COc1ccc(-c2nnc(SCC(=O)Nc3sc4c(c3C#N)CCCC4)n2N)cc1. The minimum atomic E-state index is -0.205. The molecule has 0 fully saturated rings. The molecular weight excluding hydrogens is 420 g/mol. The Morgan fingerprint density at radius 2 is 2.10 bits per heavy atom. The predicted octanol–water partition coefficient (Wildman–Crippen LogP) is 3.21. The number of methoxy groups -OCH3 is 1. The standard InChI is InChI=1S/C20H20N6O2S2/c1-28-13-8-6-12(7-9-13)18-24-25-20(26(18)22)29-11-17(27)23-19-15(10-21)14-4-2-3-5-16(14)30-19/h6-9H,2-5,11,22H2,1H3,(H,23,27). The quantitative estimate of drug-likeness (QED) is 0.446. The number of ether oxygens (including phenoxy) is 1. The number of aromatic nitrogens is 3. The summed E-state index contributed by atoms with van der Waals surface area (Å²) in [6, 6.07) is 9.57. The Morgan fingerprint density at radius 3 is 2.83 bits per heavy atom. The average Bonchev–Trinajstić information content (AvgIpc) is 3.31. The second-order valence-electron chi connectivity index (χ2n) is 6.77. The number of amides is 1. The zero-order chi connectivity index (χ0) is 21.1. The summed E-state index contributed by atoms with van der Waals surface area (Å²) in [6.07, 6.45) is 4.10. The molecular formula is C20H20N6O2S2. The lowest BCUT2D eigenvalue weighted by atomic mass is 9.96. The molecule has 0 spiro atoms. The summed E-state index contributed by atoms with van der Waals surface area (Å²) >= 11 is 2.71. The second kappa shape index (κ2) is 8.77. The number of nitrogens with one attached hydrogen (secondary N) is 1. The zero-order valence-corrected chi connectivity index (χ0v) is 18.0. The maximum Gasteiger partial charge on any atom is 0.235 e. The Bertz CT molecular complexity index is 1110. The molecule has 2 aromatic heterocycles. The molecule has 0 bridgehead atoms. The molecule has 0 radical (unpaired) electrons. The van der Waals surface area contributed by atoms with Gasteiger partial charge in [-0.05, 0) is 55.5 Å². The van der Waals surface area contributed by atoms with Crippen LogP contribution in [-0.2, 0) is 17.6 Å². The molecule has 154 valence electrons. The van der Waals surface area contributed by atoms with Gasteiger partial charge in [-0.25, -0.2) is 4.68 Å². The smallest absolute Gasteiger partial charge is 0.235 e. The van der Waals surface area contributed by atoms with Gasteiger partial charge in [0, 0.05) is 10.4 Å². The number of fused-ring (bicyclic) bond motifs is 1. The Balaban J connectivity index is 1.42. The van der Waals surface area contributed by atoms with E-state index < -0.39 is 0 Å². The van der Waals surface area contributed by atoms with Crippen LogP contribution in [0.3, 0.4) is 0 Å². The number of thiophene rings is 1. The highest BCUT2D eigenvalue weighted by Crippen LogP contribution is 2.37. The van der Waals surface area contributed by atoms with Gasteiger partial charge in [0.05, 0.1) is 18.4 Å². The Kier molecular flexibility index (Phi) is 5.92. The summed E-state index contributed by atoms with van der Waals surface area (Å²) in [5.41, 5.74) is 2.50. The van der Waals surface area contributed by atoms with Gasteiger partial charge in [-0.1, -0.05) is 11.8 Å². The Morgan fingerprint density at radius 1 is 1.33 bits per heavy atom. The first kappa shape index (κ1) is 20.3. The molecule has 3 N–H and O–H groups in total. The lowest BCUT2D eigenvalue weighted by Gasteiger charge is -2.09. The third-order valence-corrected chi connectivity index (χ3v) is 7.03. The predicted molar refractivity (Wildman–Crippen MR) is 117 cm³/mol. The molecule has 30 heavy (non-hydrogen) atoms. The highest BCUT2D eigenvalue weighted by Gasteiger charge is 2.22. The molecule has 8 nitrogen and oxygen atoms in total. The van der Waals surface area contributed by atoms with Crippen molar-refractivity contribution in [2.75, 3.05) is 24.0 Å². The van der Waals surface area contributed by atoms with Crippen LogP contribution in [0.25, 0.3) is 11.4 Å². The number of anilines is 1. The van der Waals surface area contributed by atoms with Crippen LogP contribution in [0.2, 0.25) is 0 Å². The minimum absolute atomic E-state index is 0.116. The van der Waals surface area contributed by atoms with E-state index in [1.807, 2.05) is 24.3 Å². The van der Waals surface area contributed by atoms with Gasteiger partial charge in [-0.15, -0.1) is 21.5 Å². The number of nitrogens with two attached hydrogens (primary N) is 1. The minimum Gasteiger partial charge on any atom is -0.497 e. The van der Waals surface area contributed by atoms with Crippen LogP contribution in [0.4, 0.5) is 5.00 Å². The van der Waals surface area contributed by atoms with Gasteiger partial charge in [-0.3, -0.25) is 4.79 Å². The van der Waals surface area contributed by atoms with E-state index >= 15 is 0 Å². The third-order valence-electron chi connectivity index (χ3n) is 4.88. The monoisotopic (exact) mass is 440 g/mol. The number of aryl methyl sites for hydroxylation is 1. The van der Waals surface area contributed by atoms with Crippen LogP contribution in [0.1, 0.15) is 28.8 Å². The topological polar surface area (TPSA) is 119 Å². The van der Waals surface area contributed by atoms with Crippen LogP contribution in [0, 0.1) is 11.3 Å². The molecule has 1 aliphatic rings. The van der Waals surface area contributed by atoms with Crippen molar-refractivity contribution in [2.45, 2.75) is 30.8 Å². The molecule has 1 aromatic carbocycles. The second-order valence-corrected chi connectivity index (χ2v) is 8.82. The van der Waals surface area contributed by atoms with Crippen LogP contribution in [-0.4, -0.2) is 33.6 Å². The number of nitrogens with zero attached hydrogens (tertiary/aromatic N) is 4. The highest BCUT2D eigenvalue weighted by atomic mass is 32.2. The fourth-order valence-electron chi connectivity index (χ4n) is 3.38. The van der Waals surface area contributed by atoms with E-state index in [0.29, 0.717) is 21.5 Å². The van der Waals surface area contributed by atoms with Crippen LogP contribution >= 0.6 is 23.1 Å². The average molecular weight is 441 g/mol. The molecule has 0 saturated carbocycles. The Labute approximate surface area is 182 Å². The Hall–Kier alpha value is -3.03. The number of rotatable bonds is 6. The van der Waals surface area contributed by atoms with Crippen LogP contribution in [0.5, 0.6) is 5.75 Å². The lowest BCUT2D eigenvalue weighted by Crippen LogP contribution is -2.16. The van der Waals surface area contributed by atoms with Crippen LogP contribution in [0.15, 0.2) is 29.4 Å². The molecule has 10 heteroatoms. The third kappa shape index (κ3) is 3.99. The van der Waals surface area contributed by atoms with Crippen molar-refractivity contribution in [2.24, 2.45) is 0 Å². The highest BCUT2D eigenvalue weighted by molar-refractivity contribution is 7.99. The number of benzene rings is 1. The molecule has 0 aliphatic heterocycles. The van der Waals surface area contributed by atoms with Gasteiger partial charge in [0.1, 0.15) is 16.8 Å². The van der Waals surface area contributed by atoms with E-state index in [1.165, 1.54) is 32.7 Å². The molecule has 1 aliphatic carbocycles. The summed E-state index contributed by atoms with van der Waals surface area (Å²) in [5, 5.41) is 21.7. The first-order chi connectivity index (χ1) is 14.6. The maximum atomic E-state index is 12.5. The summed E-state index contributed by atoms with van der Waals surface area (Å²) in [6.45, 7) is 0. The van der Waals surface area contributed by atoms with E-state index in [-0.39, 0.29) is 11.7 Å². The van der Waals surface area contributed by atoms with E-state index in [1.54, 1.807) is 7.11 Å². The van der Waals surface area contributed by atoms with E-state index in [4.69, 9.17) is 10.6 Å². The number of carbonyl (C=O) groups is 1. The van der Waals surface area contributed by atoms with Crippen LogP contribution < -0.4 is 15.9 Å². The number of carbonyl (C=O) groups excluding carboxylic acids is 1. The normalized spacial score (nSPS) is 12.8. The number of thioether (sulfide) groups is 1. The van der Waals surface area contributed by atoms with Crippen molar-refractivity contribution in [3.63, 3.8) is 0 Å². The molecule has 4 rings (SSSR count). The molecule has 2 heterocycles. The lowest BCUT2D eigenvalue weighted by molar-refractivity contribution is -0.113. The summed E-state index contributed by atoms with van der Waals surface area (Å²) in [5.74, 6) is 7.27. The van der Waals surface area contributed by atoms with Gasteiger partial charge in [-0.2, -0.15) is 5.26 Å². The summed E-state index contributed by atoms with van der Waals surface area (Å²) in [4.78, 5) is 13.7. The van der Waals surface area contributed by atoms with Gasteiger partial charge in [0.25, 0.3) is 0 Å². The van der Waals surface area contributed by atoms with E-state index in [0.717, 1.165) is 42.6 Å². The number of hydrogen-bond acceptors (Lipinski definition) is 8. The first-order valence-electron chi connectivity index (χ1n) is 9.43. The maximum absolute atomic E-state index is 12.5. The van der Waals surface area contributed by atoms with Gasteiger partial charge in [0.15, 0.2) is 5.82 Å². The fraction of sp³-hybridized carbons (Fsp3) is 0.300. The van der Waals surface area contributed by atoms with Crippen molar-refractivity contribution in [3.05, 3.63) is 40.3 Å². The number of nitrogen functional groups attached to an aromatic ring is 1.